The number of amides is 1. The van der Waals surface area contributed by atoms with Crippen molar-refractivity contribution >= 4 is 23.0 Å². The third-order valence-corrected chi connectivity index (χ3v) is 4.31. The van der Waals surface area contributed by atoms with Crippen LogP contribution >= 0.6 is 0 Å². The molecule has 2 aromatic carbocycles. The van der Waals surface area contributed by atoms with Gasteiger partial charge in [-0.3, -0.25) is 9.78 Å². The average Bonchev–Trinajstić information content (AvgIpc) is 2.66. The predicted octanol–water partition coefficient (Wildman–Crippen LogP) is 5.11. The van der Waals surface area contributed by atoms with Gasteiger partial charge in [-0.2, -0.15) is 0 Å². The van der Waals surface area contributed by atoms with Crippen molar-refractivity contribution in [2.24, 2.45) is 0 Å². The average molecular weight is 345 g/mol. The Labute approximate surface area is 154 Å². The van der Waals surface area contributed by atoms with Crippen molar-refractivity contribution < 1.29 is 4.79 Å². The van der Waals surface area contributed by atoms with Crippen LogP contribution < -0.4 is 10.2 Å². The standard InChI is InChI=1S/C22H23N3O/c1-4-25(18-8-6-5-7-9-18)19-12-13-23-21(15-19)22(26)24-20-14-16(2)10-11-17(20)3/h5-15H,4H2,1-3H3,(H,24,26). The van der Waals surface area contributed by atoms with Crippen molar-refractivity contribution in [2.45, 2.75) is 20.8 Å². The number of aryl methyl sites for hydroxylation is 2. The molecule has 0 radical (unpaired) electrons. The van der Waals surface area contributed by atoms with E-state index in [1.54, 1.807) is 6.20 Å². The summed E-state index contributed by atoms with van der Waals surface area (Å²) in [5.74, 6) is -0.204. The molecule has 132 valence electrons. The fourth-order valence-corrected chi connectivity index (χ4v) is 2.89. The Hall–Kier alpha value is -3.14. The van der Waals surface area contributed by atoms with Gasteiger partial charge in [0.25, 0.3) is 5.91 Å². The van der Waals surface area contributed by atoms with Gasteiger partial charge in [0.05, 0.1) is 0 Å². The van der Waals surface area contributed by atoms with Gasteiger partial charge in [-0.15, -0.1) is 0 Å². The van der Waals surface area contributed by atoms with E-state index in [-0.39, 0.29) is 5.91 Å². The second kappa shape index (κ2) is 7.83. The summed E-state index contributed by atoms with van der Waals surface area (Å²) < 4.78 is 0. The van der Waals surface area contributed by atoms with Gasteiger partial charge < -0.3 is 10.2 Å². The van der Waals surface area contributed by atoms with Crippen LogP contribution in [0.5, 0.6) is 0 Å². The first-order valence-corrected chi connectivity index (χ1v) is 8.75. The largest absolute Gasteiger partial charge is 0.342 e. The molecule has 0 bridgehead atoms. The van der Waals surface area contributed by atoms with E-state index in [1.165, 1.54) is 0 Å². The molecule has 1 aromatic heterocycles. The van der Waals surface area contributed by atoms with Crippen LogP contribution in [0.4, 0.5) is 17.1 Å². The van der Waals surface area contributed by atoms with E-state index < -0.39 is 0 Å². The smallest absolute Gasteiger partial charge is 0.274 e. The lowest BCUT2D eigenvalue weighted by atomic mass is 10.1. The monoisotopic (exact) mass is 345 g/mol. The Bertz CT molecular complexity index is 906. The highest BCUT2D eigenvalue weighted by atomic mass is 16.1. The van der Waals surface area contributed by atoms with Crippen molar-refractivity contribution in [3.8, 4) is 0 Å². The Balaban J connectivity index is 1.86. The summed E-state index contributed by atoms with van der Waals surface area (Å²) in [6, 6.07) is 19.9. The van der Waals surface area contributed by atoms with E-state index in [2.05, 4.69) is 34.3 Å². The first-order chi connectivity index (χ1) is 12.6. The normalized spacial score (nSPS) is 10.4. The van der Waals surface area contributed by atoms with E-state index in [4.69, 9.17) is 0 Å². The molecule has 0 aliphatic heterocycles. The van der Waals surface area contributed by atoms with Gasteiger partial charge in [0, 0.05) is 29.8 Å². The quantitative estimate of drug-likeness (QED) is 0.699. The van der Waals surface area contributed by atoms with Crippen LogP contribution in [-0.4, -0.2) is 17.4 Å². The number of para-hydroxylation sites is 1. The van der Waals surface area contributed by atoms with Crippen LogP contribution in [-0.2, 0) is 0 Å². The topological polar surface area (TPSA) is 45.2 Å². The Kier molecular flexibility index (Phi) is 5.32. The van der Waals surface area contributed by atoms with Gasteiger partial charge in [0.2, 0.25) is 0 Å². The number of aromatic nitrogens is 1. The van der Waals surface area contributed by atoms with E-state index in [0.29, 0.717) is 5.69 Å². The lowest BCUT2D eigenvalue weighted by molar-refractivity contribution is 0.102. The number of hydrogen-bond acceptors (Lipinski definition) is 3. The van der Waals surface area contributed by atoms with Crippen molar-refractivity contribution in [1.82, 2.24) is 4.98 Å². The van der Waals surface area contributed by atoms with Crippen LogP contribution in [0.25, 0.3) is 0 Å². The highest BCUT2D eigenvalue weighted by Crippen LogP contribution is 2.25. The number of pyridine rings is 1. The fraction of sp³-hybridized carbons (Fsp3) is 0.182. The number of nitrogens with zero attached hydrogens (tertiary/aromatic N) is 2. The maximum atomic E-state index is 12.7. The summed E-state index contributed by atoms with van der Waals surface area (Å²) in [7, 11) is 0. The number of hydrogen-bond donors (Lipinski definition) is 1. The third kappa shape index (κ3) is 3.91. The summed E-state index contributed by atoms with van der Waals surface area (Å²) in [6.07, 6.45) is 1.68. The van der Waals surface area contributed by atoms with Crippen LogP contribution in [0.2, 0.25) is 0 Å². The molecule has 0 spiro atoms. The van der Waals surface area contributed by atoms with Crippen LogP contribution in [0, 0.1) is 13.8 Å². The van der Waals surface area contributed by atoms with Crippen molar-refractivity contribution in [3.63, 3.8) is 0 Å². The number of carbonyl (C=O) groups is 1. The van der Waals surface area contributed by atoms with E-state index in [1.807, 2.05) is 62.4 Å². The van der Waals surface area contributed by atoms with Gasteiger partial charge in [0.1, 0.15) is 5.69 Å². The Morgan fingerprint density at radius 1 is 1.00 bits per heavy atom. The summed E-state index contributed by atoms with van der Waals surface area (Å²) in [4.78, 5) is 19.1. The number of rotatable bonds is 5. The number of nitrogens with one attached hydrogen (secondary N) is 1. The lowest BCUT2D eigenvalue weighted by Crippen LogP contribution is -2.18. The molecule has 1 heterocycles. The maximum Gasteiger partial charge on any atom is 0.274 e. The molecular formula is C22H23N3O. The molecule has 3 aromatic rings. The van der Waals surface area contributed by atoms with Gasteiger partial charge in [-0.1, -0.05) is 30.3 Å². The predicted molar refractivity (Wildman–Crippen MR) is 107 cm³/mol. The molecule has 3 rings (SSSR count). The number of anilines is 3. The van der Waals surface area contributed by atoms with Crippen LogP contribution in [0.1, 0.15) is 28.5 Å². The summed E-state index contributed by atoms with van der Waals surface area (Å²) in [5, 5.41) is 2.97. The third-order valence-electron chi connectivity index (χ3n) is 4.31. The molecular weight excluding hydrogens is 322 g/mol. The molecule has 4 nitrogen and oxygen atoms in total. The molecule has 4 heteroatoms. The van der Waals surface area contributed by atoms with E-state index >= 15 is 0 Å². The minimum atomic E-state index is -0.204. The molecule has 26 heavy (non-hydrogen) atoms. The number of benzene rings is 2. The second-order valence-corrected chi connectivity index (χ2v) is 6.25. The van der Waals surface area contributed by atoms with Crippen molar-refractivity contribution in [3.05, 3.63) is 83.7 Å². The van der Waals surface area contributed by atoms with Crippen molar-refractivity contribution in [2.75, 3.05) is 16.8 Å². The molecule has 0 aliphatic carbocycles. The molecule has 0 fully saturated rings. The Morgan fingerprint density at radius 3 is 2.50 bits per heavy atom. The summed E-state index contributed by atoms with van der Waals surface area (Å²) >= 11 is 0. The van der Waals surface area contributed by atoms with Gasteiger partial charge in [-0.25, -0.2) is 0 Å². The molecule has 0 aliphatic rings. The molecule has 0 atom stereocenters. The van der Waals surface area contributed by atoms with E-state index in [9.17, 15) is 4.79 Å². The SMILES string of the molecule is CCN(c1ccccc1)c1ccnc(C(=O)Nc2cc(C)ccc2C)c1. The fourth-order valence-electron chi connectivity index (χ4n) is 2.89. The first-order valence-electron chi connectivity index (χ1n) is 8.75. The lowest BCUT2D eigenvalue weighted by Gasteiger charge is -2.23. The first kappa shape index (κ1) is 17.7. The summed E-state index contributed by atoms with van der Waals surface area (Å²) in [6.45, 7) is 6.87. The molecule has 1 amide bonds. The van der Waals surface area contributed by atoms with Crippen LogP contribution in [0.3, 0.4) is 0 Å². The Morgan fingerprint density at radius 2 is 1.77 bits per heavy atom. The van der Waals surface area contributed by atoms with Gasteiger partial charge in [-0.05, 0) is 62.2 Å². The summed E-state index contributed by atoms with van der Waals surface area (Å²) in [5.41, 5.74) is 5.38. The van der Waals surface area contributed by atoms with Crippen LogP contribution in [0.15, 0.2) is 66.9 Å². The molecule has 0 saturated carbocycles. The second-order valence-electron chi connectivity index (χ2n) is 6.25. The molecule has 0 saturated heterocycles. The minimum Gasteiger partial charge on any atom is -0.342 e. The zero-order chi connectivity index (χ0) is 18.5. The highest BCUT2D eigenvalue weighted by molar-refractivity contribution is 6.03. The zero-order valence-electron chi connectivity index (χ0n) is 15.4. The maximum absolute atomic E-state index is 12.7. The van der Waals surface area contributed by atoms with Gasteiger partial charge >= 0.3 is 0 Å². The minimum absolute atomic E-state index is 0.204. The number of carbonyl (C=O) groups excluding carboxylic acids is 1. The molecule has 1 N–H and O–H groups in total. The molecule has 0 unspecified atom stereocenters. The highest BCUT2D eigenvalue weighted by Gasteiger charge is 2.13. The van der Waals surface area contributed by atoms with Crippen molar-refractivity contribution in [1.29, 1.82) is 0 Å². The van der Waals surface area contributed by atoms with Gasteiger partial charge in [0.15, 0.2) is 0 Å². The zero-order valence-corrected chi connectivity index (χ0v) is 15.4. The van der Waals surface area contributed by atoms with E-state index in [0.717, 1.165) is 34.7 Å².